The zero-order valence-electron chi connectivity index (χ0n) is 14.1. The smallest absolute Gasteiger partial charge is 0.271 e. The standard InChI is InChI=1S/C18H12ClN3O5S/c19-13-9-12(22(24)25)7-8-14(13)20-17(23)10-21-15-5-1-3-11-4-2-6-16(18(11)15)28(21,26)27/h1-9H,10H2,(H,20,23). The molecule has 1 N–H and O–H groups in total. The van der Waals surface area contributed by atoms with Crippen LogP contribution in [0.3, 0.4) is 0 Å². The summed E-state index contributed by atoms with van der Waals surface area (Å²) in [5, 5.41) is 14.6. The molecule has 0 bridgehead atoms. The van der Waals surface area contributed by atoms with Gasteiger partial charge >= 0.3 is 0 Å². The van der Waals surface area contributed by atoms with Gasteiger partial charge in [0.25, 0.3) is 15.7 Å². The van der Waals surface area contributed by atoms with Gasteiger partial charge in [-0.05, 0) is 23.6 Å². The minimum absolute atomic E-state index is 0.0165. The molecule has 0 fully saturated rings. The molecule has 0 unspecified atom stereocenters. The molecule has 1 amide bonds. The van der Waals surface area contributed by atoms with Gasteiger partial charge in [-0.2, -0.15) is 0 Å². The van der Waals surface area contributed by atoms with Gasteiger partial charge in [0.15, 0.2) is 0 Å². The minimum Gasteiger partial charge on any atom is -0.323 e. The van der Waals surface area contributed by atoms with E-state index in [-0.39, 0.29) is 21.3 Å². The second-order valence-corrected chi connectivity index (χ2v) is 8.35. The molecule has 10 heteroatoms. The number of non-ortho nitro benzene ring substituents is 1. The summed E-state index contributed by atoms with van der Waals surface area (Å²) in [6.07, 6.45) is 0. The Balaban J connectivity index is 1.63. The van der Waals surface area contributed by atoms with Crippen molar-refractivity contribution in [2.75, 3.05) is 16.2 Å². The fraction of sp³-hybridized carbons (Fsp3) is 0.0556. The van der Waals surface area contributed by atoms with Crippen LogP contribution in [0, 0.1) is 10.1 Å². The highest BCUT2D eigenvalue weighted by molar-refractivity contribution is 7.93. The van der Waals surface area contributed by atoms with Gasteiger partial charge in [-0.25, -0.2) is 8.42 Å². The van der Waals surface area contributed by atoms with Gasteiger partial charge in [-0.1, -0.05) is 35.9 Å². The van der Waals surface area contributed by atoms with Crippen LogP contribution in [0.2, 0.25) is 5.02 Å². The lowest BCUT2D eigenvalue weighted by Gasteiger charge is -2.18. The molecule has 0 saturated carbocycles. The van der Waals surface area contributed by atoms with Crippen LogP contribution in [0.5, 0.6) is 0 Å². The third kappa shape index (κ3) is 2.85. The number of nitrogens with zero attached hydrogens (tertiary/aromatic N) is 2. The maximum Gasteiger partial charge on any atom is 0.271 e. The van der Waals surface area contributed by atoms with Crippen LogP contribution in [0.4, 0.5) is 17.1 Å². The molecule has 8 nitrogen and oxygen atoms in total. The van der Waals surface area contributed by atoms with Crippen molar-refractivity contribution >= 4 is 55.4 Å². The van der Waals surface area contributed by atoms with Gasteiger partial charge in [-0.3, -0.25) is 19.2 Å². The zero-order valence-corrected chi connectivity index (χ0v) is 15.7. The number of carbonyl (C=O) groups excluding carboxylic acids is 1. The van der Waals surface area contributed by atoms with Crippen LogP contribution in [0.1, 0.15) is 0 Å². The number of carbonyl (C=O) groups is 1. The predicted octanol–water partition coefficient (Wildman–Crippen LogP) is 3.55. The van der Waals surface area contributed by atoms with E-state index in [1.807, 2.05) is 0 Å². The van der Waals surface area contributed by atoms with Crippen LogP contribution < -0.4 is 9.62 Å². The van der Waals surface area contributed by atoms with Crippen molar-refractivity contribution in [1.82, 2.24) is 0 Å². The molecular weight excluding hydrogens is 406 g/mol. The van der Waals surface area contributed by atoms with E-state index in [1.54, 1.807) is 30.3 Å². The Kier molecular flexibility index (Phi) is 4.20. The van der Waals surface area contributed by atoms with Crippen molar-refractivity contribution in [2.45, 2.75) is 4.90 Å². The molecule has 1 aliphatic rings. The Morgan fingerprint density at radius 3 is 2.54 bits per heavy atom. The number of anilines is 2. The average molecular weight is 418 g/mol. The highest BCUT2D eigenvalue weighted by atomic mass is 35.5. The monoisotopic (exact) mass is 417 g/mol. The predicted molar refractivity (Wildman–Crippen MR) is 105 cm³/mol. The summed E-state index contributed by atoms with van der Waals surface area (Å²) in [4.78, 5) is 22.8. The van der Waals surface area contributed by atoms with Crippen LogP contribution in [-0.2, 0) is 14.8 Å². The summed E-state index contributed by atoms with van der Waals surface area (Å²) >= 11 is 5.98. The Labute approximate surface area is 164 Å². The number of halogens is 1. The number of nitro benzene ring substituents is 1. The molecular formula is C18H12ClN3O5S. The summed E-state index contributed by atoms with van der Waals surface area (Å²) < 4.78 is 26.8. The van der Waals surface area contributed by atoms with Gasteiger partial charge < -0.3 is 5.32 Å². The molecule has 3 aromatic rings. The van der Waals surface area contributed by atoms with Crippen LogP contribution in [0.25, 0.3) is 10.8 Å². The first kappa shape index (κ1) is 18.2. The molecule has 4 rings (SSSR count). The first-order valence-corrected chi connectivity index (χ1v) is 9.89. The molecule has 3 aromatic carbocycles. The van der Waals surface area contributed by atoms with Crippen molar-refractivity contribution in [3.05, 3.63) is 69.7 Å². The van der Waals surface area contributed by atoms with E-state index in [9.17, 15) is 23.3 Å². The third-order valence-corrected chi connectivity index (χ3v) is 6.52. The number of nitro groups is 1. The number of sulfonamides is 1. The van der Waals surface area contributed by atoms with Crippen molar-refractivity contribution < 1.29 is 18.1 Å². The van der Waals surface area contributed by atoms with Gasteiger partial charge in [0.2, 0.25) is 5.91 Å². The lowest BCUT2D eigenvalue weighted by atomic mass is 10.1. The topological polar surface area (TPSA) is 110 Å². The van der Waals surface area contributed by atoms with Gasteiger partial charge in [0.1, 0.15) is 6.54 Å². The number of rotatable bonds is 4. The summed E-state index contributed by atoms with van der Waals surface area (Å²) in [7, 11) is -3.86. The van der Waals surface area contributed by atoms with E-state index < -0.39 is 27.4 Å². The molecule has 0 atom stereocenters. The van der Waals surface area contributed by atoms with Gasteiger partial charge in [-0.15, -0.1) is 0 Å². The third-order valence-electron chi connectivity index (χ3n) is 4.41. The number of hydrogen-bond acceptors (Lipinski definition) is 5. The molecule has 28 heavy (non-hydrogen) atoms. The highest BCUT2D eigenvalue weighted by Gasteiger charge is 2.36. The average Bonchev–Trinajstić information content (AvgIpc) is 2.87. The molecule has 0 aliphatic carbocycles. The number of benzene rings is 3. The largest absolute Gasteiger partial charge is 0.323 e. The van der Waals surface area contributed by atoms with Crippen molar-refractivity contribution in [2.24, 2.45) is 0 Å². The molecule has 0 radical (unpaired) electrons. The van der Waals surface area contributed by atoms with E-state index in [0.29, 0.717) is 11.1 Å². The quantitative estimate of drug-likeness (QED) is 0.515. The van der Waals surface area contributed by atoms with E-state index >= 15 is 0 Å². The Morgan fingerprint density at radius 2 is 1.86 bits per heavy atom. The summed E-state index contributed by atoms with van der Waals surface area (Å²) in [5.74, 6) is -0.621. The van der Waals surface area contributed by atoms with Crippen molar-refractivity contribution in [3.8, 4) is 0 Å². The molecule has 0 spiro atoms. The maximum absolute atomic E-state index is 12.9. The summed E-state index contributed by atoms with van der Waals surface area (Å²) in [6, 6.07) is 13.7. The van der Waals surface area contributed by atoms with Crippen LogP contribution in [-0.4, -0.2) is 25.8 Å². The van der Waals surface area contributed by atoms with E-state index in [1.165, 1.54) is 18.2 Å². The first-order chi connectivity index (χ1) is 13.3. The highest BCUT2D eigenvalue weighted by Crippen LogP contribution is 2.41. The lowest BCUT2D eigenvalue weighted by molar-refractivity contribution is -0.384. The van der Waals surface area contributed by atoms with E-state index in [0.717, 1.165) is 15.8 Å². The number of amides is 1. The minimum atomic E-state index is -3.86. The Bertz CT molecular complexity index is 1250. The normalized spacial score (nSPS) is 14.2. The van der Waals surface area contributed by atoms with Crippen molar-refractivity contribution in [3.63, 3.8) is 0 Å². The summed E-state index contributed by atoms with van der Waals surface area (Å²) in [6.45, 7) is -0.455. The lowest BCUT2D eigenvalue weighted by Crippen LogP contribution is -2.35. The van der Waals surface area contributed by atoms with Crippen LogP contribution in [0.15, 0.2) is 59.5 Å². The Morgan fingerprint density at radius 1 is 1.14 bits per heavy atom. The zero-order chi connectivity index (χ0) is 20.1. The second kappa shape index (κ2) is 6.47. The van der Waals surface area contributed by atoms with E-state index in [2.05, 4.69) is 5.32 Å². The van der Waals surface area contributed by atoms with E-state index in [4.69, 9.17) is 11.6 Å². The first-order valence-electron chi connectivity index (χ1n) is 8.07. The molecule has 1 heterocycles. The molecule has 0 aromatic heterocycles. The summed E-state index contributed by atoms with van der Waals surface area (Å²) in [5.41, 5.74) is 0.370. The fourth-order valence-electron chi connectivity index (χ4n) is 3.17. The molecule has 142 valence electrons. The fourth-order valence-corrected chi connectivity index (χ4v) is 5.06. The number of hydrogen-bond donors (Lipinski definition) is 1. The Hall–Kier alpha value is -3.17. The SMILES string of the molecule is O=C(CN1c2cccc3cccc(c23)S1(=O)=O)Nc1ccc([N+](=O)[O-])cc1Cl. The van der Waals surface area contributed by atoms with Gasteiger partial charge in [0, 0.05) is 17.5 Å². The molecule has 0 saturated heterocycles. The maximum atomic E-state index is 12.9. The van der Waals surface area contributed by atoms with Crippen molar-refractivity contribution in [1.29, 1.82) is 0 Å². The van der Waals surface area contributed by atoms with Gasteiger partial charge in [0.05, 0.1) is 26.2 Å². The van der Waals surface area contributed by atoms with Crippen LogP contribution >= 0.6 is 11.6 Å². The molecule has 1 aliphatic heterocycles. The number of nitrogens with one attached hydrogen (secondary N) is 1. The second-order valence-electron chi connectivity index (χ2n) is 6.11.